The van der Waals surface area contributed by atoms with Crippen molar-refractivity contribution >= 4 is 18.1 Å². The van der Waals surface area contributed by atoms with Crippen LogP contribution in [-0.2, 0) is 19.0 Å². The Morgan fingerprint density at radius 1 is 0.735 bits per heavy atom. The number of likely N-dealkylation sites (tertiary alicyclic amines) is 1. The Bertz CT molecular complexity index is 1360. The van der Waals surface area contributed by atoms with Crippen molar-refractivity contribution in [3.63, 3.8) is 0 Å². The second-order valence-electron chi connectivity index (χ2n) is 19.3. The lowest BCUT2D eigenvalue weighted by atomic mass is 9.42. The summed E-state index contributed by atoms with van der Waals surface area (Å²) in [4.78, 5) is 43.5. The molecule has 8 fully saturated rings. The number of piperazine rings is 1. The molecule has 0 aromatic rings. The molecule has 8 rings (SSSR count). The number of carbonyl (C=O) groups is 3. The minimum atomic E-state index is -0.195. The average molecular weight is 682 g/mol. The van der Waals surface area contributed by atoms with E-state index in [1.54, 1.807) is 6.92 Å². The Morgan fingerprint density at radius 2 is 1.39 bits per heavy atom. The summed E-state index contributed by atoms with van der Waals surface area (Å²) >= 11 is 0. The molecule has 9 nitrogen and oxygen atoms in total. The van der Waals surface area contributed by atoms with Gasteiger partial charge in [-0.1, -0.05) is 41.5 Å². The van der Waals surface area contributed by atoms with Crippen LogP contribution >= 0.6 is 0 Å². The number of nitrogens with zero attached hydrogens (tertiary/aromatic N) is 3. The van der Waals surface area contributed by atoms with Crippen molar-refractivity contribution in [2.75, 3.05) is 39.3 Å². The summed E-state index contributed by atoms with van der Waals surface area (Å²) in [6.07, 6.45) is 12.5. The maximum atomic E-state index is 13.4. The van der Waals surface area contributed by atoms with Gasteiger partial charge in [0, 0.05) is 51.6 Å². The fraction of sp³-hybridized carbons (Fsp3) is 0.925. The first-order chi connectivity index (χ1) is 23.2. The third kappa shape index (κ3) is 4.81. The normalized spacial score (nSPS) is 45.5. The molecule has 0 aromatic heterocycles. The van der Waals surface area contributed by atoms with Gasteiger partial charge in [-0.2, -0.15) is 0 Å². The Kier molecular flexibility index (Phi) is 7.99. The van der Waals surface area contributed by atoms with Gasteiger partial charge in [0.05, 0.1) is 12.2 Å². The highest BCUT2D eigenvalue weighted by atomic mass is 16.6. The third-order valence-electron chi connectivity index (χ3n) is 16.9. The second-order valence-corrected chi connectivity index (χ2v) is 19.3. The molecule has 11 atom stereocenters. The van der Waals surface area contributed by atoms with Gasteiger partial charge in [-0.25, -0.2) is 9.59 Å². The second kappa shape index (κ2) is 11.5. The smallest absolute Gasteiger partial charge is 0.410 e. The van der Waals surface area contributed by atoms with Crippen molar-refractivity contribution in [1.82, 2.24) is 14.7 Å². The van der Waals surface area contributed by atoms with Crippen LogP contribution in [0.5, 0.6) is 0 Å². The van der Waals surface area contributed by atoms with E-state index in [9.17, 15) is 14.4 Å². The lowest BCUT2D eigenvalue weighted by Crippen LogP contribution is -2.58. The van der Waals surface area contributed by atoms with E-state index in [0.717, 1.165) is 38.8 Å². The molecule has 9 heteroatoms. The van der Waals surface area contributed by atoms with Crippen LogP contribution in [0, 0.1) is 50.7 Å². The molecule has 0 aromatic carbocycles. The van der Waals surface area contributed by atoms with Gasteiger partial charge >= 0.3 is 12.2 Å². The minimum Gasteiger partial charge on any atom is -0.446 e. The zero-order valence-electron chi connectivity index (χ0n) is 31.4. The number of carbonyl (C=O) groups excluding carboxylic acids is 3. The maximum absolute atomic E-state index is 13.4. The van der Waals surface area contributed by atoms with Crippen molar-refractivity contribution in [3.8, 4) is 0 Å². The van der Waals surface area contributed by atoms with Crippen molar-refractivity contribution in [3.05, 3.63) is 0 Å². The summed E-state index contributed by atoms with van der Waals surface area (Å²) in [6.45, 7) is 19.9. The number of hydrogen-bond acceptors (Lipinski definition) is 6. The van der Waals surface area contributed by atoms with E-state index in [0.29, 0.717) is 54.8 Å². The van der Waals surface area contributed by atoms with Gasteiger partial charge in [0.2, 0.25) is 5.91 Å². The van der Waals surface area contributed by atoms with E-state index < -0.39 is 0 Å². The molecule has 0 N–H and O–H groups in total. The van der Waals surface area contributed by atoms with Gasteiger partial charge in [0.15, 0.2) is 0 Å². The first-order valence-electron chi connectivity index (χ1n) is 20.0. The highest BCUT2D eigenvalue weighted by molar-refractivity contribution is 5.74. The molecule has 0 radical (unpaired) electrons. The number of rotatable bonds is 4. The van der Waals surface area contributed by atoms with Crippen molar-refractivity contribution in [1.29, 1.82) is 0 Å². The van der Waals surface area contributed by atoms with E-state index >= 15 is 0 Å². The van der Waals surface area contributed by atoms with Gasteiger partial charge < -0.3 is 28.9 Å². The lowest BCUT2D eigenvalue weighted by Gasteiger charge is -2.63. The molecule has 0 bridgehead atoms. The highest BCUT2D eigenvalue weighted by Crippen LogP contribution is 2.89. The van der Waals surface area contributed by atoms with Crippen molar-refractivity contribution in [2.45, 2.75) is 144 Å². The minimum absolute atomic E-state index is 0.0207. The van der Waals surface area contributed by atoms with E-state index in [-0.39, 0.29) is 64.7 Å². The van der Waals surface area contributed by atoms with Crippen LogP contribution in [-0.4, -0.2) is 96.5 Å². The molecule has 3 saturated heterocycles. The van der Waals surface area contributed by atoms with Crippen LogP contribution in [0.3, 0.4) is 0 Å². The predicted octanol–water partition coefficient (Wildman–Crippen LogP) is 7.12. The topological polar surface area (TPSA) is 88.6 Å². The molecular weight excluding hydrogens is 618 g/mol. The quantitative estimate of drug-likeness (QED) is 0.314. The number of ether oxygens (including phenoxy) is 3. The van der Waals surface area contributed by atoms with Crippen LogP contribution in [0.4, 0.5) is 9.59 Å². The van der Waals surface area contributed by atoms with Gasteiger partial charge in [0.1, 0.15) is 12.2 Å². The number of hydrogen-bond donors (Lipinski definition) is 0. The molecule has 5 saturated carbocycles. The average Bonchev–Trinajstić information content (AvgIpc) is 3.63. The van der Waals surface area contributed by atoms with Gasteiger partial charge in [-0.3, -0.25) is 4.79 Å². The molecular formula is C40H63N3O6. The molecule has 274 valence electrons. The summed E-state index contributed by atoms with van der Waals surface area (Å²) in [7, 11) is 0. The van der Waals surface area contributed by atoms with Gasteiger partial charge in [-0.05, 0) is 116 Å². The highest BCUT2D eigenvalue weighted by Gasteiger charge is 2.83. The summed E-state index contributed by atoms with van der Waals surface area (Å²) in [6, 6.07) is 0. The third-order valence-corrected chi connectivity index (χ3v) is 16.9. The fourth-order valence-corrected chi connectivity index (χ4v) is 14.0. The Balaban J connectivity index is 0.959. The molecule has 7 unspecified atom stereocenters. The Morgan fingerprint density at radius 3 is 2.04 bits per heavy atom. The first-order valence-corrected chi connectivity index (χ1v) is 20.0. The van der Waals surface area contributed by atoms with Crippen LogP contribution in [0.25, 0.3) is 0 Å². The lowest BCUT2D eigenvalue weighted by molar-refractivity contribution is -0.166. The van der Waals surface area contributed by atoms with Crippen molar-refractivity contribution < 1.29 is 28.6 Å². The Labute approximate surface area is 294 Å². The zero-order valence-corrected chi connectivity index (χ0v) is 31.4. The van der Waals surface area contributed by atoms with E-state index in [4.69, 9.17) is 14.2 Å². The number of amides is 3. The Hall–Kier alpha value is -2.03. The SMILES string of the molecule is CC(=O)N1CCN(C(=O)O[C@H]2CCC34C[C@]35CCC3(C)C6CCC([C@H](OC(=O)N7CCC7)C(C)C)OC6C[C@@]3(C)C5CCC4C2(C)C)CC1. The standard InChI is InChI=1S/C40H63N3O6/c1-25(2)33(49-35(46)42-17-8-18-42)28-10-9-27-29(47-28)23-38(7)31-12-11-30-36(4,5)32(48-34(45)43-21-19-41(20-22-43)26(3)44)13-14-39(30)24-40(31,39)16-15-37(27,38)6/h25,27-33H,8-24H2,1-7H3/t27?,28?,29?,30?,31?,32-,33+,37?,38-,39?,40-/m0/s1. The fourth-order valence-electron chi connectivity index (χ4n) is 14.0. The summed E-state index contributed by atoms with van der Waals surface area (Å²) in [5.41, 5.74) is 1.21. The van der Waals surface area contributed by atoms with Crippen LogP contribution in [0.1, 0.15) is 119 Å². The van der Waals surface area contributed by atoms with E-state index in [2.05, 4.69) is 41.5 Å². The maximum Gasteiger partial charge on any atom is 0.410 e. The van der Waals surface area contributed by atoms with E-state index in [1.807, 2.05) is 14.7 Å². The summed E-state index contributed by atoms with van der Waals surface area (Å²) in [5.74, 6) is 2.15. The molecule has 8 aliphatic rings. The summed E-state index contributed by atoms with van der Waals surface area (Å²) < 4.78 is 19.6. The molecule has 3 amide bonds. The molecule has 2 spiro atoms. The van der Waals surface area contributed by atoms with Gasteiger partial charge in [-0.15, -0.1) is 0 Å². The predicted molar refractivity (Wildman–Crippen MR) is 186 cm³/mol. The first kappa shape index (κ1) is 34.1. The number of fused-ring (bicyclic) bond motifs is 4. The zero-order chi connectivity index (χ0) is 34.7. The monoisotopic (exact) mass is 681 g/mol. The van der Waals surface area contributed by atoms with Gasteiger partial charge in [0.25, 0.3) is 0 Å². The molecule has 3 aliphatic heterocycles. The largest absolute Gasteiger partial charge is 0.446 e. The van der Waals surface area contributed by atoms with Crippen molar-refractivity contribution in [2.24, 2.45) is 50.7 Å². The van der Waals surface area contributed by atoms with Crippen LogP contribution < -0.4 is 0 Å². The molecule has 3 heterocycles. The molecule has 5 aliphatic carbocycles. The van der Waals surface area contributed by atoms with Crippen LogP contribution in [0.2, 0.25) is 0 Å². The van der Waals surface area contributed by atoms with Crippen LogP contribution in [0.15, 0.2) is 0 Å². The molecule has 49 heavy (non-hydrogen) atoms. The summed E-state index contributed by atoms with van der Waals surface area (Å²) in [5, 5.41) is 0. The van der Waals surface area contributed by atoms with E-state index in [1.165, 1.54) is 44.9 Å².